The van der Waals surface area contributed by atoms with Crippen LogP contribution >= 0.6 is 11.6 Å². The number of ether oxygens (including phenoxy) is 2. The van der Waals surface area contributed by atoms with Crippen molar-refractivity contribution in [3.63, 3.8) is 0 Å². The number of nitrogens with one attached hydrogen (secondary N) is 2. The minimum Gasteiger partial charge on any atom is -0.492 e. The van der Waals surface area contributed by atoms with Crippen molar-refractivity contribution in [3.8, 4) is 5.75 Å². The minimum atomic E-state index is -0.517. The number of hydrogen-bond acceptors (Lipinski definition) is 5. The van der Waals surface area contributed by atoms with Gasteiger partial charge < -0.3 is 20.1 Å². The molecule has 0 bridgehead atoms. The molecule has 0 radical (unpaired) electrons. The zero-order chi connectivity index (χ0) is 20.1. The summed E-state index contributed by atoms with van der Waals surface area (Å²) >= 11 is 5.92. The van der Waals surface area contributed by atoms with E-state index in [1.54, 1.807) is 42.5 Å². The lowest BCUT2D eigenvalue weighted by Gasteiger charge is -2.25. The summed E-state index contributed by atoms with van der Waals surface area (Å²) in [4.78, 5) is 35.8. The van der Waals surface area contributed by atoms with Gasteiger partial charge in [-0.15, -0.1) is 0 Å². The molecule has 0 saturated heterocycles. The van der Waals surface area contributed by atoms with Gasteiger partial charge in [0.15, 0.2) is 0 Å². The average Bonchev–Trinajstić information content (AvgIpc) is 2.71. The number of fused-ring (bicyclic) bond motifs is 1. The van der Waals surface area contributed by atoms with Crippen LogP contribution in [0, 0.1) is 5.92 Å². The summed E-state index contributed by atoms with van der Waals surface area (Å²) in [5.74, 6) is -0.860. The van der Waals surface area contributed by atoms with E-state index in [2.05, 4.69) is 15.4 Å². The summed E-state index contributed by atoms with van der Waals surface area (Å²) in [6.45, 7) is 0.0304. The minimum absolute atomic E-state index is 0.186. The smallest absolute Gasteiger partial charge is 0.325 e. The second kappa shape index (κ2) is 8.75. The van der Waals surface area contributed by atoms with Gasteiger partial charge in [-0.05, 0) is 48.4 Å². The molecule has 0 spiro atoms. The highest BCUT2D eigenvalue weighted by Gasteiger charge is 2.26. The first kappa shape index (κ1) is 19.7. The van der Waals surface area contributed by atoms with E-state index in [1.807, 2.05) is 0 Å². The third kappa shape index (κ3) is 4.80. The Balaban J connectivity index is 1.66. The highest BCUT2D eigenvalue weighted by Crippen LogP contribution is 2.30. The lowest BCUT2D eigenvalue weighted by molar-refractivity contribution is -0.141. The quantitative estimate of drug-likeness (QED) is 0.749. The van der Waals surface area contributed by atoms with Crippen LogP contribution in [0.5, 0.6) is 5.75 Å². The third-order valence-electron chi connectivity index (χ3n) is 4.32. The highest BCUT2D eigenvalue weighted by atomic mass is 35.5. The van der Waals surface area contributed by atoms with Crippen molar-refractivity contribution >= 4 is 35.1 Å². The zero-order valence-corrected chi connectivity index (χ0v) is 15.9. The highest BCUT2D eigenvalue weighted by molar-refractivity contribution is 6.31. The normalized spacial score (nSPS) is 15.0. The van der Waals surface area contributed by atoms with Crippen LogP contribution in [0.2, 0.25) is 5.02 Å². The Hall–Kier alpha value is -3.06. The maximum Gasteiger partial charge on any atom is 0.325 e. The van der Waals surface area contributed by atoms with Gasteiger partial charge in [0, 0.05) is 16.3 Å². The van der Waals surface area contributed by atoms with E-state index in [9.17, 15) is 14.4 Å². The number of amides is 2. The number of carbonyl (C=O) groups is 3. The van der Waals surface area contributed by atoms with Gasteiger partial charge in [0.25, 0.3) is 5.91 Å². The predicted octanol–water partition coefficient (Wildman–Crippen LogP) is 2.43. The van der Waals surface area contributed by atoms with Crippen molar-refractivity contribution in [3.05, 3.63) is 58.6 Å². The molecule has 146 valence electrons. The van der Waals surface area contributed by atoms with Crippen LogP contribution in [-0.2, 0) is 20.7 Å². The van der Waals surface area contributed by atoms with E-state index in [0.29, 0.717) is 28.4 Å². The van der Waals surface area contributed by atoms with Crippen molar-refractivity contribution in [2.75, 3.05) is 25.6 Å². The Morgan fingerprint density at radius 2 is 2.04 bits per heavy atom. The Morgan fingerprint density at radius 3 is 2.79 bits per heavy atom. The van der Waals surface area contributed by atoms with E-state index in [4.69, 9.17) is 16.3 Å². The fourth-order valence-electron chi connectivity index (χ4n) is 2.85. The van der Waals surface area contributed by atoms with E-state index in [0.717, 1.165) is 5.56 Å². The summed E-state index contributed by atoms with van der Waals surface area (Å²) in [6, 6.07) is 11.9. The summed E-state index contributed by atoms with van der Waals surface area (Å²) in [5, 5.41) is 5.82. The molecule has 2 aromatic rings. The fourth-order valence-corrected chi connectivity index (χ4v) is 3.04. The lowest BCUT2D eigenvalue weighted by Crippen LogP contribution is -2.39. The Morgan fingerprint density at radius 1 is 1.21 bits per heavy atom. The molecule has 1 atom stereocenters. The van der Waals surface area contributed by atoms with Gasteiger partial charge in [-0.3, -0.25) is 14.4 Å². The molecule has 0 aromatic heterocycles. The van der Waals surface area contributed by atoms with Gasteiger partial charge in [-0.1, -0.05) is 17.7 Å². The SMILES string of the molecule is COC(=O)CNC(=O)[C@@H]1COc2ccc(NC(=O)c3cccc(Cl)c3)cc2C1. The largest absolute Gasteiger partial charge is 0.492 e. The van der Waals surface area contributed by atoms with Crippen molar-refractivity contribution in [2.24, 2.45) is 5.92 Å². The van der Waals surface area contributed by atoms with Crippen LogP contribution in [0.25, 0.3) is 0 Å². The molecule has 1 aliphatic rings. The zero-order valence-electron chi connectivity index (χ0n) is 15.2. The van der Waals surface area contributed by atoms with E-state index in [1.165, 1.54) is 7.11 Å². The first-order valence-corrected chi connectivity index (χ1v) is 9.01. The van der Waals surface area contributed by atoms with Gasteiger partial charge in [0.2, 0.25) is 5.91 Å². The lowest BCUT2D eigenvalue weighted by atomic mass is 9.95. The molecule has 2 amide bonds. The summed E-state index contributed by atoms with van der Waals surface area (Å²) in [5.41, 5.74) is 1.83. The van der Waals surface area contributed by atoms with Crippen molar-refractivity contribution in [2.45, 2.75) is 6.42 Å². The van der Waals surface area contributed by atoms with Gasteiger partial charge >= 0.3 is 5.97 Å². The molecule has 2 N–H and O–H groups in total. The van der Waals surface area contributed by atoms with Crippen LogP contribution in [0.4, 0.5) is 5.69 Å². The van der Waals surface area contributed by atoms with E-state index >= 15 is 0 Å². The molecule has 1 aliphatic heterocycles. The Labute approximate surface area is 167 Å². The van der Waals surface area contributed by atoms with Gasteiger partial charge in [0.1, 0.15) is 18.9 Å². The van der Waals surface area contributed by atoms with Gasteiger partial charge in [-0.25, -0.2) is 0 Å². The number of esters is 1. The molecule has 28 heavy (non-hydrogen) atoms. The maximum atomic E-state index is 12.4. The molecule has 3 rings (SSSR count). The molecule has 0 aliphatic carbocycles. The van der Waals surface area contributed by atoms with Crippen LogP contribution in [0.3, 0.4) is 0 Å². The number of anilines is 1. The number of rotatable bonds is 5. The Bertz CT molecular complexity index is 915. The van der Waals surface area contributed by atoms with Crippen molar-refractivity contribution < 1.29 is 23.9 Å². The van der Waals surface area contributed by atoms with Crippen LogP contribution < -0.4 is 15.4 Å². The van der Waals surface area contributed by atoms with Crippen molar-refractivity contribution in [1.29, 1.82) is 0 Å². The molecule has 1 heterocycles. The predicted molar refractivity (Wildman–Crippen MR) is 104 cm³/mol. The molecular weight excluding hydrogens is 384 g/mol. The topological polar surface area (TPSA) is 93.7 Å². The maximum absolute atomic E-state index is 12.4. The molecule has 0 unspecified atom stereocenters. The fraction of sp³-hybridized carbons (Fsp3) is 0.250. The Kier molecular flexibility index (Phi) is 6.16. The second-order valence-electron chi connectivity index (χ2n) is 6.29. The molecular formula is C20H19ClN2O5. The first-order chi connectivity index (χ1) is 13.5. The van der Waals surface area contributed by atoms with Crippen LogP contribution in [0.1, 0.15) is 15.9 Å². The van der Waals surface area contributed by atoms with Gasteiger partial charge in [0.05, 0.1) is 13.0 Å². The number of halogens is 1. The van der Waals surface area contributed by atoms with E-state index in [-0.39, 0.29) is 25.0 Å². The second-order valence-corrected chi connectivity index (χ2v) is 6.73. The monoisotopic (exact) mass is 402 g/mol. The number of carbonyl (C=O) groups excluding carboxylic acids is 3. The van der Waals surface area contributed by atoms with Gasteiger partial charge in [-0.2, -0.15) is 0 Å². The molecule has 0 fully saturated rings. The van der Waals surface area contributed by atoms with Crippen molar-refractivity contribution in [1.82, 2.24) is 5.32 Å². The standard InChI is InChI=1S/C20H19ClN2O5/c1-27-18(24)10-22-19(25)14-7-13-9-16(5-6-17(13)28-11-14)23-20(26)12-3-2-4-15(21)8-12/h2-6,8-9,14H,7,10-11H2,1H3,(H,22,25)(H,23,26)/t14-/m0/s1. The third-order valence-corrected chi connectivity index (χ3v) is 4.55. The average molecular weight is 403 g/mol. The van der Waals surface area contributed by atoms with Crippen LogP contribution in [0.15, 0.2) is 42.5 Å². The first-order valence-electron chi connectivity index (χ1n) is 8.63. The number of hydrogen-bond donors (Lipinski definition) is 2. The number of methoxy groups -OCH3 is 1. The summed E-state index contributed by atoms with van der Waals surface area (Å²) in [7, 11) is 1.26. The summed E-state index contributed by atoms with van der Waals surface area (Å²) in [6.07, 6.45) is 0.434. The molecule has 7 nitrogen and oxygen atoms in total. The molecule has 2 aromatic carbocycles. The van der Waals surface area contributed by atoms with Crippen LogP contribution in [-0.4, -0.2) is 38.0 Å². The summed E-state index contributed by atoms with van der Waals surface area (Å²) < 4.78 is 10.2. The number of benzene rings is 2. The molecule has 8 heteroatoms. The molecule has 0 saturated carbocycles. The van der Waals surface area contributed by atoms with E-state index < -0.39 is 11.9 Å².